The Morgan fingerprint density at radius 3 is 2.04 bits per heavy atom. The molecule has 1 aromatic rings. The summed E-state index contributed by atoms with van der Waals surface area (Å²) in [5.74, 6) is 1.32. The van der Waals surface area contributed by atoms with Crippen LogP contribution in [0.3, 0.4) is 0 Å². The van der Waals surface area contributed by atoms with Gasteiger partial charge < -0.3 is 16.0 Å². The van der Waals surface area contributed by atoms with Crippen LogP contribution in [0.2, 0.25) is 0 Å². The third-order valence-corrected chi connectivity index (χ3v) is 5.78. The third kappa shape index (κ3) is 5.31. The highest BCUT2D eigenvalue weighted by Gasteiger charge is 2.33. The van der Waals surface area contributed by atoms with E-state index >= 15 is 0 Å². The van der Waals surface area contributed by atoms with Crippen LogP contribution in [-0.4, -0.2) is 24.4 Å². The van der Waals surface area contributed by atoms with Crippen molar-refractivity contribution in [1.82, 2.24) is 5.32 Å². The smallest absolute Gasteiger partial charge is 0.238 e. The van der Waals surface area contributed by atoms with Crippen molar-refractivity contribution in [3.05, 3.63) is 24.3 Å². The maximum Gasteiger partial charge on any atom is 0.238 e. The van der Waals surface area contributed by atoms with E-state index < -0.39 is 0 Å². The van der Waals surface area contributed by atoms with Gasteiger partial charge in [-0.3, -0.25) is 9.59 Å². The number of rotatable bonds is 7. The largest absolute Gasteiger partial charge is 0.326 e. The van der Waals surface area contributed by atoms with Crippen LogP contribution in [-0.2, 0) is 9.59 Å². The van der Waals surface area contributed by atoms with Gasteiger partial charge in [0, 0.05) is 24.3 Å². The lowest BCUT2D eigenvalue weighted by molar-refractivity contribution is -0.116. The molecule has 2 fully saturated rings. The van der Waals surface area contributed by atoms with Crippen molar-refractivity contribution in [3.8, 4) is 0 Å². The Morgan fingerprint density at radius 2 is 1.50 bits per heavy atom. The molecule has 3 rings (SSSR count). The van der Waals surface area contributed by atoms with Gasteiger partial charge in [-0.2, -0.15) is 0 Å². The van der Waals surface area contributed by atoms with E-state index in [1.54, 1.807) is 6.07 Å². The van der Waals surface area contributed by atoms with E-state index in [9.17, 15) is 9.59 Å². The fraction of sp³-hybridized carbons (Fsp3) is 0.619. The van der Waals surface area contributed by atoms with Gasteiger partial charge in [0.05, 0.1) is 6.54 Å². The second-order valence-corrected chi connectivity index (χ2v) is 7.81. The van der Waals surface area contributed by atoms with Crippen LogP contribution in [0, 0.1) is 11.8 Å². The molecule has 0 atom stereocenters. The molecule has 2 aliphatic rings. The van der Waals surface area contributed by atoms with Crippen LogP contribution in [0.25, 0.3) is 0 Å². The average molecular weight is 357 g/mol. The molecule has 2 amide bonds. The average Bonchev–Trinajstić information content (AvgIpc) is 3.29. The summed E-state index contributed by atoms with van der Waals surface area (Å²) in [6.45, 7) is 1.82. The first-order valence-electron chi connectivity index (χ1n) is 10.0. The summed E-state index contributed by atoms with van der Waals surface area (Å²) in [5, 5.41) is 9.27. The molecule has 0 radical (unpaired) electrons. The van der Waals surface area contributed by atoms with Crippen molar-refractivity contribution < 1.29 is 9.59 Å². The zero-order valence-corrected chi connectivity index (χ0v) is 15.7. The topological polar surface area (TPSA) is 70.2 Å². The highest BCUT2D eigenvalue weighted by molar-refractivity contribution is 5.94. The van der Waals surface area contributed by atoms with Crippen LogP contribution < -0.4 is 16.0 Å². The maximum absolute atomic E-state index is 12.4. The summed E-state index contributed by atoms with van der Waals surface area (Å²) >= 11 is 0. The number of carbonyl (C=O) groups is 2. The van der Waals surface area contributed by atoms with E-state index in [-0.39, 0.29) is 11.8 Å². The molecule has 2 aliphatic carbocycles. The molecule has 5 heteroatoms. The van der Waals surface area contributed by atoms with E-state index in [0.717, 1.165) is 11.8 Å². The van der Waals surface area contributed by atoms with Crippen LogP contribution in [0.5, 0.6) is 0 Å². The molecule has 0 heterocycles. The first-order chi connectivity index (χ1) is 12.6. The highest BCUT2D eigenvalue weighted by atomic mass is 16.2. The zero-order chi connectivity index (χ0) is 18.4. The summed E-state index contributed by atoms with van der Waals surface area (Å²) in [4.78, 5) is 23.6. The standard InChI is InChI=1S/C21H31N3O2/c1-15(25)23-18-11-6-12-19(13-18)24-20(26)14-22-21(16-7-2-3-8-16)17-9-4-5-10-17/h6,11-13,16-17,21-22H,2-5,7-10,14H2,1H3,(H,23,25)(H,24,26). The third-order valence-electron chi connectivity index (χ3n) is 5.78. The van der Waals surface area contributed by atoms with Crippen molar-refractivity contribution >= 4 is 23.2 Å². The number of anilines is 2. The van der Waals surface area contributed by atoms with Gasteiger partial charge in [0.25, 0.3) is 0 Å². The van der Waals surface area contributed by atoms with Crippen LogP contribution in [0.1, 0.15) is 58.3 Å². The molecule has 26 heavy (non-hydrogen) atoms. The van der Waals surface area contributed by atoms with E-state index in [0.29, 0.717) is 24.0 Å². The number of hydrogen-bond donors (Lipinski definition) is 3. The SMILES string of the molecule is CC(=O)Nc1cccc(NC(=O)CNC(C2CCCC2)C2CCCC2)c1. The lowest BCUT2D eigenvalue weighted by atomic mass is 9.86. The number of amides is 2. The summed E-state index contributed by atoms with van der Waals surface area (Å²) in [6.07, 6.45) is 10.5. The van der Waals surface area contributed by atoms with Gasteiger partial charge in [-0.1, -0.05) is 31.7 Å². The van der Waals surface area contributed by atoms with Crippen molar-refractivity contribution in [2.24, 2.45) is 11.8 Å². The molecule has 0 unspecified atom stereocenters. The summed E-state index contributed by atoms with van der Waals surface area (Å²) in [6, 6.07) is 7.75. The molecular formula is C21H31N3O2. The molecule has 5 nitrogen and oxygen atoms in total. The van der Waals surface area contributed by atoms with Gasteiger partial charge in [-0.05, 0) is 55.7 Å². The minimum atomic E-state index is -0.119. The monoisotopic (exact) mass is 357 g/mol. The van der Waals surface area contributed by atoms with Crippen LogP contribution in [0.15, 0.2) is 24.3 Å². The molecule has 3 N–H and O–H groups in total. The summed E-state index contributed by atoms with van der Waals surface area (Å²) < 4.78 is 0. The summed E-state index contributed by atoms with van der Waals surface area (Å²) in [7, 11) is 0. The summed E-state index contributed by atoms with van der Waals surface area (Å²) in [5.41, 5.74) is 1.40. The second-order valence-electron chi connectivity index (χ2n) is 7.81. The molecule has 2 saturated carbocycles. The van der Waals surface area contributed by atoms with Crippen molar-refractivity contribution in [2.75, 3.05) is 17.2 Å². The van der Waals surface area contributed by atoms with E-state index in [1.165, 1.54) is 58.3 Å². The Bertz CT molecular complexity index is 603. The minimum Gasteiger partial charge on any atom is -0.326 e. The van der Waals surface area contributed by atoms with Gasteiger partial charge in [0.2, 0.25) is 11.8 Å². The minimum absolute atomic E-state index is 0.0223. The fourth-order valence-electron chi connectivity index (χ4n) is 4.64. The Kier molecular flexibility index (Phi) is 6.67. The Balaban J connectivity index is 1.54. The normalized spacial score (nSPS) is 18.4. The molecular weight excluding hydrogens is 326 g/mol. The van der Waals surface area contributed by atoms with Crippen molar-refractivity contribution in [1.29, 1.82) is 0 Å². The molecule has 0 spiro atoms. The van der Waals surface area contributed by atoms with Crippen LogP contribution in [0.4, 0.5) is 11.4 Å². The van der Waals surface area contributed by atoms with E-state index in [4.69, 9.17) is 0 Å². The molecule has 0 bridgehead atoms. The van der Waals surface area contributed by atoms with E-state index in [1.807, 2.05) is 18.2 Å². The van der Waals surface area contributed by atoms with Gasteiger partial charge >= 0.3 is 0 Å². The number of carbonyl (C=O) groups excluding carboxylic acids is 2. The van der Waals surface area contributed by atoms with Gasteiger partial charge in [-0.15, -0.1) is 0 Å². The number of nitrogens with one attached hydrogen (secondary N) is 3. The Hall–Kier alpha value is -1.88. The lowest BCUT2D eigenvalue weighted by Gasteiger charge is -2.30. The van der Waals surface area contributed by atoms with E-state index in [2.05, 4.69) is 16.0 Å². The van der Waals surface area contributed by atoms with Gasteiger partial charge in [0.15, 0.2) is 0 Å². The second kappa shape index (κ2) is 9.17. The molecule has 142 valence electrons. The number of benzene rings is 1. The Labute approximate surface area is 156 Å². The predicted octanol–water partition coefficient (Wildman–Crippen LogP) is 3.92. The number of hydrogen-bond acceptors (Lipinski definition) is 3. The maximum atomic E-state index is 12.4. The van der Waals surface area contributed by atoms with Gasteiger partial charge in [-0.25, -0.2) is 0 Å². The Morgan fingerprint density at radius 1 is 0.962 bits per heavy atom. The predicted molar refractivity (Wildman–Crippen MR) is 105 cm³/mol. The fourth-order valence-corrected chi connectivity index (χ4v) is 4.64. The first kappa shape index (κ1) is 18.9. The van der Waals surface area contributed by atoms with Crippen LogP contribution >= 0.6 is 0 Å². The highest BCUT2D eigenvalue weighted by Crippen LogP contribution is 2.37. The first-order valence-corrected chi connectivity index (χ1v) is 10.0. The van der Waals surface area contributed by atoms with Crippen molar-refractivity contribution in [2.45, 2.75) is 64.3 Å². The molecule has 0 saturated heterocycles. The molecule has 0 aromatic heterocycles. The quantitative estimate of drug-likeness (QED) is 0.693. The van der Waals surface area contributed by atoms with Gasteiger partial charge in [0.1, 0.15) is 0 Å². The lowest BCUT2D eigenvalue weighted by Crippen LogP contribution is -2.44. The zero-order valence-electron chi connectivity index (χ0n) is 15.7. The molecule has 0 aliphatic heterocycles. The van der Waals surface area contributed by atoms with Crippen molar-refractivity contribution in [3.63, 3.8) is 0 Å². The molecule has 1 aromatic carbocycles.